The van der Waals surface area contributed by atoms with E-state index in [-0.39, 0.29) is 25.0 Å². The molecule has 7 atom stereocenters. The summed E-state index contributed by atoms with van der Waals surface area (Å²) in [6.07, 6.45) is 1.31. The number of rotatable bonds is 19. The highest BCUT2D eigenvalue weighted by atomic mass is 32.2. The lowest BCUT2D eigenvalue weighted by Crippen LogP contribution is -2.47. The maximum Gasteiger partial charge on any atom is 0.326 e. The third-order valence-electron chi connectivity index (χ3n) is 5.01. The summed E-state index contributed by atoms with van der Waals surface area (Å²) < 4.78 is 9.46. The predicted molar refractivity (Wildman–Crippen MR) is 174 cm³/mol. The Balaban J connectivity index is -0.000000292. The van der Waals surface area contributed by atoms with Gasteiger partial charge in [-0.2, -0.15) is 24.4 Å². The molecule has 0 aromatic carbocycles. The highest BCUT2D eigenvalue weighted by molar-refractivity contribution is 7.98. The standard InChI is InChI=1S/C10H19N3O6S.C5H10N2O3.C5H11NO2S.C4H8N2O3/c1-4(19-9(16)6(12)3-20)7(13)10(17)18-2-5(11)8(14)15;6-3(5(9)10)1-2-4(7)8;1-9-3-2-4(6)5(7)8;5-2(4(8)9)1-3(6)7/h4-7,20H,2-3,11-13H2,1H3,(H,14,15);3H,1-2,6H2,(H2,7,8)(H,9,10);4H,2-3,6H2,1H3,(H,7,8);2H,1,5H2,(H2,6,7)(H,8,9)/t4-,5+,6+,7+;3-;4-;2-/m1000/s1. The minimum Gasteiger partial charge on any atom is -0.480 e. The average molecular weight is 737 g/mol. The molecule has 0 aromatic heterocycles. The third-order valence-corrected chi connectivity index (χ3v) is 6.05. The molecule has 0 saturated heterocycles. The molecule has 20 N–H and O–H groups in total. The summed E-state index contributed by atoms with van der Waals surface area (Å²) in [5.74, 6) is -6.57. The number of carboxylic acid groups (broad SMARTS) is 4. The molecule has 2 amide bonds. The van der Waals surface area contributed by atoms with E-state index in [2.05, 4.69) is 23.1 Å². The second kappa shape index (κ2) is 29.4. The van der Waals surface area contributed by atoms with E-state index in [0.717, 1.165) is 5.75 Å². The van der Waals surface area contributed by atoms with E-state index in [0.29, 0.717) is 6.42 Å². The summed E-state index contributed by atoms with van der Waals surface area (Å²) in [5.41, 5.74) is 40.6. The Kier molecular flexibility index (Phi) is 31.2. The predicted octanol–water partition coefficient (Wildman–Crippen LogP) is -5.45. The van der Waals surface area contributed by atoms with Crippen molar-refractivity contribution >= 4 is 72.0 Å². The van der Waals surface area contributed by atoms with Crippen molar-refractivity contribution in [2.45, 2.75) is 75.0 Å². The van der Waals surface area contributed by atoms with Crippen LogP contribution in [0.4, 0.5) is 0 Å². The number of carboxylic acids is 4. The molecule has 0 aliphatic heterocycles. The molecular formula is C24H48N8O14S2. The largest absolute Gasteiger partial charge is 0.480 e. The van der Waals surface area contributed by atoms with Crippen molar-refractivity contribution in [3.8, 4) is 0 Å². The lowest BCUT2D eigenvalue weighted by Gasteiger charge is -2.21. The van der Waals surface area contributed by atoms with E-state index in [4.69, 9.17) is 65.3 Å². The molecule has 22 nitrogen and oxygen atoms in total. The molecule has 0 aliphatic carbocycles. The zero-order chi connectivity index (χ0) is 38.7. The van der Waals surface area contributed by atoms with Crippen LogP contribution < -0.4 is 45.9 Å². The van der Waals surface area contributed by atoms with Gasteiger partial charge in [0, 0.05) is 12.2 Å². The Labute approximate surface area is 285 Å². The Morgan fingerprint density at radius 3 is 1.44 bits per heavy atom. The van der Waals surface area contributed by atoms with Gasteiger partial charge in [0.05, 0.1) is 6.42 Å². The number of hydrogen-bond acceptors (Lipinski definition) is 18. The molecule has 280 valence electrons. The van der Waals surface area contributed by atoms with Gasteiger partial charge in [0.25, 0.3) is 0 Å². The van der Waals surface area contributed by atoms with Crippen molar-refractivity contribution in [3.05, 3.63) is 0 Å². The smallest absolute Gasteiger partial charge is 0.326 e. The number of carbonyl (C=O) groups is 8. The maximum atomic E-state index is 11.5. The van der Waals surface area contributed by atoms with E-state index >= 15 is 0 Å². The van der Waals surface area contributed by atoms with Gasteiger partial charge in [-0.25, -0.2) is 0 Å². The van der Waals surface area contributed by atoms with Crippen LogP contribution >= 0.6 is 24.4 Å². The normalized spacial score (nSPS) is 14.4. The van der Waals surface area contributed by atoms with Gasteiger partial charge in [0.15, 0.2) is 0 Å². The number of hydrogen-bond donors (Lipinski definition) is 13. The van der Waals surface area contributed by atoms with Crippen LogP contribution in [0, 0.1) is 0 Å². The number of ether oxygens (including phenoxy) is 2. The number of esters is 2. The van der Waals surface area contributed by atoms with Gasteiger partial charge in [-0.15, -0.1) is 0 Å². The number of carbonyl (C=O) groups excluding carboxylic acids is 4. The second-order valence-corrected chi connectivity index (χ2v) is 10.7. The number of aliphatic carboxylic acids is 4. The minimum atomic E-state index is -1.35. The first-order chi connectivity index (χ1) is 22.0. The lowest BCUT2D eigenvalue weighted by atomic mass is 10.2. The number of amides is 2. The van der Waals surface area contributed by atoms with E-state index in [1.54, 1.807) is 11.8 Å². The van der Waals surface area contributed by atoms with Crippen molar-refractivity contribution in [1.29, 1.82) is 0 Å². The highest BCUT2D eigenvalue weighted by Crippen LogP contribution is 2.02. The third kappa shape index (κ3) is 30.9. The summed E-state index contributed by atoms with van der Waals surface area (Å²) in [6.45, 7) is 0.852. The fraction of sp³-hybridized carbons (Fsp3) is 0.667. The zero-order valence-corrected chi connectivity index (χ0v) is 28.0. The SMILES string of the molecule is CSCC[C@H](N)C(=O)O.C[C@@H](OC(=O)[C@@H](N)CS)[C@H](N)C(=O)OC[C@H](N)C(=O)O.NC(=O)CC[C@H](N)C(=O)O.NC(=O)C[C@H](N)C(=O)O. The molecule has 48 heavy (non-hydrogen) atoms. The number of primary amides is 2. The molecule has 0 saturated carbocycles. The molecule has 0 spiro atoms. The Morgan fingerprint density at radius 1 is 0.667 bits per heavy atom. The first-order valence-electron chi connectivity index (χ1n) is 13.4. The molecule has 0 radical (unpaired) electrons. The van der Waals surface area contributed by atoms with Crippen LogP contribution in [0.3, 0.4) is 0 Å². The number of nitrogens with two attached hydrogens (primary N) is 8. The zero-order valence-electron chi connectivity index (χ0n) is 26.3. The van der Waals surface area contributed by atoms with Crippen molar-refractivity contribution in [1.82, 2.24) is 0 Å². The molecule has 0 rings (SSSR count). The highest BCUT2D eigenvalue weighted by Gasteiger charge is 2.28. The molecule has 24 heteroatoms. The van der Waals surface area contributed by atoms with Gasteiger partial charge >= 0.3 is 35.8 Å². The Morgan fingerprint density at radius 2 is 1.10 bits per heavy atom. The molecular weight excluding hydrogens is 688 g/mol. The van der Waals surface area contributed by atoms with Crippen molar-refractivity contribution < 1.29 is 68.3 Å². The van der Waals surface area contributed by atoms with Gasteiger partial charge in [0.2, 0.25) is 11.8 Å². The van der Waals surface area contributed by atoms with Gasteiger partial charge in [-0.3, -0.25) is 38.4 Å². The Bertz CT molecular complexity index is 1040. The average Bonchev–Trinajstić information content (AvgIpc) is 3.00. The fourth-order valence-corrected chi connectivity index (χ4v) is 2.68. The lowest BCUT2D eigenvalue weighted by molar-refractivity contribution is -0.158. The maximum absolute atomic E-state index is 11.5. The van der Waals surface area contributed by atoms with Crippen LogP contribution in [0.5, 0.6) is 0 Å². The number of thiol groups is 1. The van der Waals surface area contributed by atoms with E-state index in [1.807, 2.05) is 6.26 Å². The van der Waals surface area contributed by atoms with E-state index in [1.165, 1.54) is 6.92 Å². The summed E-state index contributed by atoms with van der Waals surface area (Å²) in [7, 11) is 0. The summed E-state index contributed by atoms with van der Waals surface area (Å²) in [6, 6.07) is -6.37. The van der Waals surface area contributed by atoms with Crippen molar-refractivity contribution in [2.24, 2.45) is 45.9 Å². The van der Waals surface area contributed by atoms with Crippen LogP contribution in [0.1, 0.15) is 32.6 Å². The van der Waals surface area contributed by atoms with Gasteiger partial charge in [-0.1, -0.05) is 0 Å². The Hall–Kier alpha value is -3.78. The van der Waals surface area contributed by atoms with E-state index < -0.39 is 96.6 Å². The number of thioether (sulfide) groups is 1. The minimum absolute atomic E-state index is 0.0213. The molecule has 0 bridgehead atoms. The molecule has 0 unspecified atom stereocenters. The van der Waals surface area contributed by atoms with Crippen molar-refractivity contribution in [3.63, 3.8) is 0 Å². The van der Waals surface area contributed by atoms with Crippen LogP contribution in [-0.2, 0) is 47.8 Å². The quantitative estimate of drug-likeness (QED) is 0.0434. The fourth-order valence-electron chi connectivity index (χ4n) is 2.04. The van der Waals surface area contributed by atoms with Crippen LogP contribution in [-0.4, -0.2) is 135 Å². The first-order valence-corrected chi connectivity index (χ1v) is 15.5. The molecule has 0 heterocycles. The monoisotopic (exact) mass is 736 g/mol. The second-order valence-electron chi connectivity index (χ2n) is 9.32. The van der Waals surface area contributed by atoms with Crippen LogP contribution in [0.15, 0.2) is 0 Å². The van der Waals surface area contributed by atoms with Gasteiger partial charge < -0.3 is 75.8 Å². The molecule has 0 aromatic rings. The topological polar surface area (TPSA) is 444 Å². The summed E-state index contributed by atoms with van der Waals surface area (Å²) in [4.78, 5) is 83.4. The van der Waals surface area contributed by atoms with Crippen molar-refractivity contribution in [2.75, 3.05) is 24.4 Å². The molecule has 0 fully saturated rings. The van der Waals surface area contributed by atoms with Crippen LogP contribution in [0.2, 0.25) is 0 Å². The molecule has 0 aliphatic rings. The van der Waals surface area contributed by atoms with Gasteiger partial charge in [-0.05, 0) is 31.8 Å². The van der Waals surface area contributed by atoms with E-state index in [9.17, 15) is 38.4 Å². The summed E-state index contributed by atoms with van der Waals surface area (Å²) in [5, 5.41) is 33.1. The van der Waals surface area contributed by atoms with Gasteiger partial charge in [0.1, 0.15) is 49.0 Å². The van der Waals surface area contributed by atoms with Crippen LogP contribution in [0.25, 0.3) is 0 Å². The summed E-state index contributed by atoms with van der Waals surface area (Å²) >= 11 is 5.43. The first kappa shape index (κ1) is 51.1.